The van der Waals surface area contributed by atoms with Gasteiger partial charge in [0.1, 0.15) is 0 Å². The molecule has 0 spiro atoms. The zero-order valence-electron chi connectivity index (χ0n) is 6.63. The molecule has 1 radical (unpaired) electrons. The van der Waals surface area contributed by atoms with Gasteiger partial charge in [-0.3, -0.25) is 4.98 Å². The van der Waals surface area contributed by atoms with Crippen LogP contribution in [0.25, 0.3) is 0 Å². The molecule has 1 aromatic rings. The van der Waals surface area contributed by atoms with E-state index in [2.05, 4.69) is 9.97 Å². The maximum absolute atomic E-state index is 12.8. The molecule has 0 fully saturated rings. The molecule has 3 heteroatoms. The molecule has 2 nitrogen and oxygen atoms in total. The van der Waals surface area contributed by atoms with Crippen molar-refractivity contribution in [3.05, 3.63) is 30.0 Å². The van der Waals surface area contributed by atoms with Crippen LogP contribution in [0, 0.1) is 11.9 Å². The number of rotatable bonds is 2. The van der Waals surface area contributed by atoms with Gasteiger partial charge in [-0.05, 0) is 12.3 Å². The van der Waals surface area contributed by atoms with Crippen molar-refractivity contribution < 1.29 is 4.39 Å². The molecule has 59 valence electrons. The Labute approximate surface area is 65.5 Å². The lowest BCUT2D eigenvalue weighted by atomic mass is 10.1. The molecule has 0 bridgehead atoms. The Kier molecular flexibility index (Phi) is 2.52. The Balaban J connectivity index is 2.78. The Morgan fingerprint density at radius 2 is 2.00 bits per heavy atom. The van der Waals surface area contributed by atoms with Crippen molar-refractivity contribution in [3.63, 3.8) is 0 Å². The predicted octanol–water partition coefficient (Wildman–Crippen LogP) is 1.77. The lowest BCUT2D eigenvalue weighted by Crippen LogP contribution is -2.00. The average Bonchev–Trinajstić information content (AvgIpc) is 1.93. The molecular formula is C8H10FN2. The van der Waals surface area contributed by atoms with E-state index in [0.717, 1.165) is 5.92 Å². The first-order valence-electron chi connectivity index (χ1n) is 3.44. The van der Waals surface area contributed by atoms with Crippen LogP contribution < -0.4 is 0 Å². The number of hydrogen-bond acceptors (Lipinski definition) is 2. The summed E-state index contributed by atoms with van der Waals surface area (Å²) in [7, 11) is 0. The van der Waals surface area contributed by atoms with Gasteiger partial charge < -0.3 is 0 Å². The van der Waals surface area contributed by atoms with Gasteiger partial charge >= 0.3 is 0 Å². The SMILES string of the molecule is C[C](C)Cc1nccnc1F. The highest BCUT2D eigenvalue weighted by Crippen LogP contribution is 2.07. The second-order valence-corrected chi connectivity index (χ2v) is 2.68. The van der Waals surface area contributed by atoms with E-state index in [4.69, 9.17) is 0 Å². The smallest absolute Gasteiger partial charge is 0.234 e. The second kappa shape index (κ2) is 3.42. The van der Waals surface area contributed by atoms with Crippen LogP contribution in [0.1, 0.15) is 19.5 Å². The zero-order chi connectivity index (χ0) is 8.27. The van der Waals surface area contributed by atoms with Gasteiger partial charge in [0.15, 0.2) is 0 Å². The molecule has 11 heavy (non-hydrogen) atoms. The number of nitrogens with zero attached hydrogens (tertiary/aromatic N) is 2. The van der Waals surface area contributed by atoms with Crippen LogP contribution in [-0.2, 0) is 6.42 Å². The molecule has 0 saturated heterocycles. The summed E-state index contributed by atoms with van der Waals surface area (Å²) in [6.07, 6.45) is 3.42. The molecule has 0 saturated carbocycles. The Hall–Kier alpha value is -0.990. The lowest BCUT2D eigenvalue weighted by Gasteiger charge is -2.02. The highest BCUT2D eigenvalue weighted by molar-refractivity contribution is 5.04. The summed E-state index contributed by atoms with van der Waals surface area (Å²) >= 11 is 0. The maximum Gasteiger partial charge on any atom is 0.234 e. The number of hydrogen-bond donors (Lipinski definition) is 0. The van der Waals surface area contributed by atoms with E-state index in [1.807, 2.05) is 13.8 Å². The standard InChI is InChI=1S/C8H10FN2/c1-6(2)5-7-8(9)11-4-3-10-7/h3-4H,5H2,1-2H3. The van der Waals surface area contributed by atoms with E-state index in [9.17, 15) is 4.39 Å². The largest absolute Gasteiger partial charge is 0.255 e. The molecule has 1 heterocycles. The molecule has 0 amide bonds. The molecule has 0 aliphatic carbocycles. The number of halogens is 1. The summed E-state index contributed by atoms with van der Waals surface area (Å²) in [5, 5.41) is 0. The van der Waals surface area contributed by atoms with Crippen molar-refractivity contribution in [1.29, 1.82) is 0 Å². The first kappa shape index (κ1) is 8.11. The molecule has 0 atom stereocenters. The minimum Gasteiger partial charge on any atom is -0.255 e. The Morgan fingerprint density at radius 1 is 1.36 bits per heavy atom. The van der Waals surface area contributed by atoms with Crippen LogP contribution in [0.4, 0.5) is 4.39 Å². The third-order valence-electron chi connectivity index (χ3n) is 1.24. The first-order chi connectivity index (χ1) is 5.20. The van der Waals surface area contributed by atoms with Crippen molar-refractivity contribution in [2.75, 3.05) is 0 Å². The van der Waals surface area contributed by atoms with E-state index in [1.165, 1.54) is 12.4 Å². The van der Waals surface area contributed by atoms with Gasteiger partial charge in [0.05, 0.1) is 5.69 Å². The van der Waals surface area contributed by atoms with Gasteiger partial charge in [-0.25, -0.2) is 4.98 Å². The fourth-order valence-electron chi connectivity index (χ4n) is 0.803. The molecule has 1 rings (SSSR count). The van der Waals surface area contributed by atoms with E-state index >= 15 is 0 Å². The monoisotopic (exact) mass is 153 g/mol. The summed E-state index contributed by atoms with van der Waals surface area (Å²) < 4.78 is 12.8. The third-order valence-corrected chi connectivity index (χ3v) is 1.24. The van der Waals surface area contributed by atoms with E-state index in [-0.39, 0.29) is 0 Å². The summed E-state index contributed by atoms with van der Waals surface area (Å²) in [5.41, 5.74) is 0.424. The van der Waals surface area contributed by atoms with Crippen molar-refractivity contribution in [2.45, 2.75) is 20.3 Å². The zero-order valence-corrected chi connectivity index (χ0v) is 6.63. The van der Waals surface area contributed by atoms with Crippen LogP contribution in [0.2, 0.25) is 0 Å². The minimum absolute atomic E-state index is 0.424. The van der Waals surface area contributed by atoms with Crippen LogP contribution in [0.5, 0.6) is 0 Å². The van der Waals surface area contributed by atoms with Gasteiger partial charge in [-0.2, -0.15) is 4.39 Å². The molecule has 0 unspecified atom stereocenters. The quantitative estimate of drug-likeness (QED) is 0.647. The lowest BCUT2D eigenvalue weighted by molar-refractivity contribution is 0.555. The molecule has 1 aromatic heterocycles. The van der Waals surface area contributed by atoms with Crippen LogP contribution in [-0.4, -0.2) is 9.97 Å². The van der Waals surface area contributed by atoms with Crippen molar-refractivity contribution in [3.8, 4) is 0 Å². The van der Waals surface area contributed by atoms with Crippen molar-refractivity contribution in [2.24, 2.45) is 0 Å². The Bertz CT molecular complexity index is 235. The summed E-state index contributed by atoms with van der Waals surface area (Å²) in [4.78, 5) is 7.35. The molecule has 0 aromatic carbocycles. The van der Waals surface area contributed by atoms with Gasteiger partial charge in [-0.1, -0.05) is 13.8 Å². The molecule has 0 N–H and O–H groups in total. The molecule has 0 aliphatic rings. The van der Waals surface area contributed by atoms with Crippen molar-refractivity contribution in [1.82, 2.24) is 9.97 Å². The average molecular weight is 153 g/mol. The summed E-state index contributed by atoms with van der Waals surface area (Å²) in [5.74, 6) is 0.665. The minimum atomic E-state index is -0.464. The van der Waals surface area contributed by atoms with Crippen molar-refractivity contribution >= 4 is 0 Å². The fourth-order valence-corrected chi connectivity index (χ4v) is 0.803. The molecular weight excluding hydrogens is 143 g/mol. The topological polar surface area (TPSA) is 25.8 Å². The number of aromatic nitrogens is 2. The van der Waals surface area contributed by atoms with Gasteiger partial charge in [0.25, 0.3) is 0 Å². The van der Waals surface area contributed by atoms with Gasteiger partial charge in [0.2, 0.25) is 5.95 Å². The predicted molar refractivity (Wildman–Crippen MR) is 40.3 cm³/mol. The Morgan fingerprint density at radius 3 is 2.55 bits per heavy atom. The highest BCUT2D eigenvalue weighted by atomic mass is 19.1. The normalized spacial score (nSPS) is 10.5. The maximum atomic E-state index is 12.8. The van der Waals surface area contributed by atoms with Gasteiger partial charge in [0, 0.05) is 12.4 Å². The van der Waals surface area contributed by atoms with E-state index in [0.29, 0.717) is 12.1 Å². The van der Waals surface area contributed by atoms with Crippen LogP contribution >= 0.6 is 0 Å². The first-order valence-corrected chi connectivity index (χ1v) is 3.44. The van der Waals surface area contributed by atoms with E-state index < -0.39 is 5.95 Å². The highest BCUT2D eigenvalue weighted by Gasteiger charge is 2.05. The molecule has 0 aliphatic heterocycles. The van der Waals surface area contributed by atoms with Crippen LogP contribution in [0.15, 0.2) is 12.4 Å². The fraction of sp³-hybridized carbons (Fsp3) is 0.375. The second-order valence-electron chi connectivity index (χ2n) is 2.68. The summed E-state index contributed by atoms with van der Waals surface area (Å²) in [6.45, 7) is 3.88. The van der Waals surface area contributed by atoms with E-state index in [1.54, 1.807) is 0 Å². The third kappa shape index (κ3) is 2.26. The van der Waals surface area contributed by atoms with Gasteiger partial charge in [-0.15, -0.1) is 0 Å². The summed E-state index contributed by atoms with van der Waals surface area (Å²) in [6, 6.07) is 0. The van der Waals surface area contributed by atoms with Crippen LogP contribution in [0.3, 0.4) is 0 Å².